The van der Waals surface area contributed by atoms with Gasteiger partial charge in [0.05, 0.1) is 11.3 Å². The van der Waals surface area contributed by atoms with Crippen molar-refractivity contribution in [3.05, 3.63) is 29.6 Å². The van der Waals surface area contributed by atoms with Crippen molar-refractivity contribution in [2.45, 2.75) is 13.3 Å². The highest BCUT2D eigenvalue weighted by Gasteiger charge is 2.19. The van der Waals surface area contributed by atoms with E-state index < -0.39 is 11.8 Å². The first-order chi connectivity index (χ1) is 9.49. The lowest BCUT2D eigenvalue weighted by atomic mass is 10.2. The fourth-order valence-corrected chi connectivity index (χ4v) is 2.37. The van der Waals surface area contributed by atoms with Crippen molar-refractivity contribution in [2.75, 3.05) is 31.1 Å². The van der Waals surface area contributed by atoms with Crippen LogP contribution in [-0.4, -0.2) is 48.1 Å². The molecule has 1 amide bonds. The first kappa shape index (κ1) is 14.3. The second-order valence-corrected chi connectivity index (χ2v) is 4.82. The SMILES string of the molecule is CC(=O)N1CCCN(c2ccc(C(=O)O)cc2F)CC1. The van der Waals surface area contributed by atoms with Gasteiger partial charge < -0.3 is 14.9 Å². The predicted molar refractivity (Wildman–Crippen MR) is 72.4 cm³/mol. The smallest absolute Gasteiger partial charge is 0.335 e. The molecule has 1 aromatic carbocycles. The molecule has 1 heterocycles. The molecule has 1 aromatic rings. The summed E-state index contributed by atoms with van der Waals surface area (Å²) in [5.74, 6) is -1.66. The Labute approximate surface area is 116 Å². The minimum absolute atomic E-state index is 0.0218. The molecule has 6 heteroatoms. The molecule has 1 saturated heterocycles. The van der Waals surface area contributed by atoms with E-state index in [9.17, 15) is 14.0 Å². The zero-order chi connectivity index (χ0) is 14.7. The fourth-order valence-electron chi connectivity index (χ4n) is 2.37. The number of rotatable bonds is 2. The molecular weight excluding hydrogens is 263 g/mol. The van der Waals surface area contributed by atoms with Crippen molar-refractivity contribution in [3.8, 4) is 0 Å². The van der Waals surface area contributed by atoms with Crippen LogP contribution in [0.25, 0.3) is 0 Å². The largest absolute Gasteiger partial charge is 0.478 e. The van der Waals surface area contributed by atoms with Crippen molar-refractivity contribution in [1.29, 1.82) is 0 Å². The van der Waals surface area contributed by atoms with Gasteiger partial charge in [-0.2, -0.15) is 0 Å². The number of amides is 1. The molecule has 1 fully saturated rings. The van der Waals surface area contributed by atoms with Gasteiger partial charge in [0.25, 0.3) is 0 Å². The number of anilines is 1. The molecule has 0 unspecified atom stereocenters. The lowest BCUT2D eigenvalue weighted by Crippen LogP contribution is -2.33. The van der Waals surface area contributed by atoms with E-state index in [4.69, 9.17) is 5.11 Å². The molecule has 1 aliphatic rings. The first-order valence-electron chi connectivity index (χ1n) is 6.52. The van der Waals surface area contributed by atoms with Gasteiger partial charge in [0, 0.05) is 33.1 Å². The van der Waals surface area contributed by atoms with Crippen LogP contribution in [0.4, 0.5) is 10.1 Å². The fraction of sp³-hybridized carbons (Fsp3) is 0.429. The summed E-state index contributed by atoms with van der Waals surface area (Å²) < 4.78 is 14.0. The van der Waals surface area contributed by atoms with Gasteiger partial charge in [-0.1, -0.05) is 0 Å². The summed E-state index contributed by atoms with van der Waals surface area (Å²) in [6.45, 7) is 3.93. The number of hydrogen-bond donors (Lipinski definition) is 1. The predicted octanol–water partition coefficient (Wildman–Crippen LogP) is 1.58. The Balaban J connectivity index is 2.15. The summed E-state index contributed by atoms with van der Waals surface area (Å²) >= 11 is 0. The molecular formula is C14H17FN2O3. The number of halogens is 1. The number of carbonyl (C=O) groups excluding carboxylic acids is 1. The van der Waals surface area contributed by atoms with Gasteiger partial charge in [-0.3, -0.25) is 4.79 Å². The van der Waals surface area contributed by atoms with Gasteiger partial charge in [-0.15, -0.1) is 0 Å². The maximum atomic E-state index is 14.0. The minimum atomic E-state index is -1.14. The van der Waals surface area contributed by atoms with E-state index in [1.54, 1.807) is 4.90 Å². The van der Waals surface area contributed by atoms with Gasteiger partial charge >= 0.3 is 5.97 Å². The highest BCUT2D eigenvalue weighted by atomic mass is 19.1. The minimum Gasteiger partial charge on any atom is -0.478 e. The quantitative estimate of drug-likeness (QED) is 0.893. The summed E-state index contributed by atoms with van der Waals surface area (Å²) in [4.78, 5) is 25.7. The molecule has 2 rings (SSSR count). The van der Waals surface area contributed by atoms with Gasteiger partial charge in [-0.05, 0) is 24.6 Å². The average Bonchev–Trinajstić information content (AvgIpc) is 2.64. The monoisotopic (exact) mass is 280 g/mol. The van der Waals surface area contributed by atoms with E-state index in [-0.39, 0.29) is 11.5 Å². The Morgan fingerprint density at radius 3 is 2.55 bits per heavy atom. The van der Waals surface area contributed by atoms with E-state index in [1.165, 1.54) is 19.1 Å². The van der Waals surface area contributed by atoms with Crippen molar-refractivity contribution in [2.24, 2.45) is 0 Å². The van der Waals surface area contributed by atoms with Crippen molar-refractivity contribution >= 4 is 17.6 Å². The van der Waals surface area contributed by atoms with E-state index in [0.29, 0.717) is 31.9 Å². The van der Waals surface area contributed by atoms with E-state index in [1.807, 2.05) is 4.90 Å². The van der Waals surface area contributed by atoms with Gasteiger partial charge in [-0.25, -0.2) is 9.18 Å². The van der Waals surface area contributed by atoms with Crippen LogP contribution < -0.4 is 4.90 Å². The maximum absolute atomic E-state index is 14.0. The number of carbonyl (C=O) groups is 2. The van der Waals surface area contributed by atoms with Crippen LogP contribution in [0.15, 0.2) is 18.2 Å². The Bertz CT molecular complexity index is 533. The van der Waals surface area contributed by atoms with E-state index in [2.05, 4.69) is 0 Å². The number of carboxylic acids is 1. The molecule has 0 aromatic heterocycles. The molecule has 0 aliphatic carbocycles. The third kappa shape index (κ3) is 3.07. The lowest BCUT2D eigenvalue weighted by molar-refractivity contribution is -0.128. The van der Waals surface area contributed by atoms with Crippen LogP contribution in [0.5, 0.6) is 0 Å². The summed E-state index contributed by atoms with van der Waals surface area (Å²) in [5.41, 5.74) is 0.326. The van der Waals surface area contributed by atoms with Crippen LogP contribution in [0.3, 0.4) is 0 Å². The first-order valence-corrected chi connectivity index (χ1v) is 6.52. The molecule has 0 saturated carbocycles. The Kier molecular flexibility index (Phi) is 4.22. The van der Waals surface area contributed by atoms with Crippen molar-refractivity contribution < 1.29 is 19.1 Å². The Morgan fingerprint density at radius 2 is 1.95 bits per heavy atom. The highest BCUT2D eigenvalue weighted by molar-refractivity contribution is 5.88. The van der Waals surface area contributed by atoms with Gasteiger partial charge in [0.15, 0.2) is 0 Å². The van der Waals surface area contributed by atoms with Crippen molar-refractivity contribution in [3.63, 3.8) is 0 Å². The topological polar surface area (TPSA) is 60.9 Å². The molecule has 0 radical (unpaired) electrons. The summed E-state index contributed by atoms with van der Waals surface area (Å²) in [7, 11) is 0. The summed E-state index contributed by atoms with van der Waals surface area (Å²) in [5, 5.41) is 8.83. The summed E-state index contributed by atoms with van der Waals surface area (Å²) in [6, 6.07) is 3.92. The van der Waals surface area contributed by atoms with Crippen LogP contribution >= 0.6 is 0 Å². The number of aromatic carboxylic acids is 1. The maximum Gasteiger partial charge on any atom is 0.335 e. The second-order valence-electron chi connectivity index (χ2n) is 4.82. The second kappa shape index (κ2) is 5.90. The highest BCUT2D eigenvalue weighted by Crippen LogP contribution is 2.22. The number of hydrogen-bond acceptors (Lipinski definition) is 3. The molecule has 0 bridgehead atoms. The third-order valence-electron chi connectivity index (χ3n) is 3.48. The lowest BCUT2D eigenvalue weighted by Gasteiger charge is -2.23. The van der Waals surface area contributed by atoms with Crippen LogP contribution in [-0.2, 0) is 4.79 Å². The number of carboxylic acid groups (broad SMARTS) is 1. The summed E-state index contributed by atoms with van der Waals surface area (Å²) in [6.07, 6.45) is 0.764. The van der Waals surface area contributed by atoms with Crippen molar-refractivity contribution in [1.82, 2.24) is 4.90 Å². The Morgan fingerprint density at radius 1 is 1.20 bits per heavy atom. The molecule has 20 heavy (non-hydrogen) atoms. The number of benzene rings is 1. The van der Waals surface area contributed by atoms with E-state index >= 15 is 0 Å². The molecule has 108 valence electrons. The standard InChI is InChI=1S/C14H17FN2O3/c1-10(18)16-5-2-6-17(8-7-16)13-4-3-11(14(19)20)9-12(13)15/h3-4,9H,2,5-8H2,1H3,(H,19,20). The number of nitrogens with zero attached hydrogens (tertiary/aromatic N) is 2. The van der Waals surface area contributed by atoms with Crippen LogP contribution in [0.2, 0.25) is 0 Å². The molecule has 0 spiro atoms. The average molecular weight is 280 g/mol. The van der Waals surface area contributed by atoms with Gasteiger partial charge in [0.1, 0.15) is 5.82 Å². The Hall–Kier alpha value is -2.11. The van der Waals surface area contributed by atoms with Crippen LogP contribution in [0.1, 0.15) is 23.7 Å². The third-order valence-corrected chi connectivity index (χ3v) is 3.48. The zero-order valence-electron chi connectivity index (χ0n) is 11.3. The molecule has 1 N–H and O–H groups in total. The molecule has 0 atom stereocenters. The van der Waals surface area contributed by atoms with Crippen LogP contribution in [0, 0.1) is 5.82 Å². The molecule has 1 aliphatic heterocycles. The van der Waals surface area contributed by atoms with E-state index in [0.717, 1.165) is 12.5 Å². The zero-order valence-corrected chi connectivity index (χ0v) is 11.3. The normalized spacial score (nSPS) is 15.9. The van der Waals surface area contributed by atoms with Gasteiger partial charge in [0.2, 0.25) is 5.91 Å². The molecule has 5 nitrogen and oxygen atoms in total.